The SMILES string of the molecule is CC(CC(O)CC1OCCc2ccccc21)C(C)(C)C. The van der Waals surface area contributed by atoms with Gasteiger partial charge in [-0.05, 0) is 35.3 Å². The van der Waals surface area contributed by atoms with Crippen LogP contribution in [0.2, 0.25) is 0 Å². The maximum Gasteiger partial charge on any atom is 0.0852 e. The molecular weight excluding hydrogens is 248 g/mol. The fourth-order valence-electron chi connectivity index (χ4n) is 2.78. The minimum atomic E-state index is -0.291. The molecule has 1 aromatic rings. The van der Waals surface area contributed by atoms with Crippen LogP contribution in [-0.2, 0) is 11.2 Å². The molecule has 112 valence electrons. The molecular formula is C18H28O2. The third-order valence-corrected chi connectivity index (χ3v) is 4.68. The Morgan fingerprint density at radius 3 is 2.70 bits per heavy atom. The van der Waals surface area contributed by atoms with Crippen LogP contribution >= 0.6 is 0 Å². The number of hydrogen-bond donors (Lipinski definition) is 1. The lowest BCUT2D eigenvalue weighted by Gasteiger charge is -2.32. The number of aliphatic hydroxyl groups excluding tert-OH is 1. The van der Waals surface area contributed by atoms with Crippen LogP contribution in [0.15, 0.2) is 24.3 Å². The van der Waals surface area contributed by atoms with Crippen LogP contribution in [0.5, 0.6) is 0 Å². The van der Waals surface area contributed by atoms with Gasteiger partial charge in [-0.1, -0.05) is 52.0 Å². The van der Waals surface area contributed by atoms with E-state index in [-0.39, 0.29) is 17.6 Å². The van der Waals surface area contributed by atoms with Gasteiger partial charge in [-0.3, -0.25) is 0 Å². The van der Waals surface area contributed by atoms with E-state index in [4.69, 9.17) is 4.74 Å². The quantitative estimate of drug-likeness (QED) is 0.896. The Bertz CT molecular complexity index is 433. The Hall–Kier alpha value is -0.860. The largest absolute Gasteiger partial charge is 0.393 e. The van der Waals surface area contributed by atoms with Gasteiger partial charge in [0.05, 0.1) is 18.8 Å². The topological polar surface area (TPSA) is 29.5 Å². The van der Waals surface area contributed by atoms with E-state index in [1.165, 1.54) is 11.1 Å². The van der Waals surface area contributed by atoms with Gasteiger partial charge in [-0.25, -0.2) is 0 Å². The van der Waals surface area contributed by atoms with Gasteiger partial charge >= 0.3 is 0 Å². The molecule has 2 heteroatoms. The first-order valence-electron chi connectivity index (χ1n) is 7.75. The molecule has 0 bridgehead atoms. The van der Waals surface area contributed by atoms with Gasteiger partial charge in [0.15, 0.2) is 0 Å². The average Bonchev–Trinajstić information content (AvgIpc) is 2.38. The molecule has 0 saturated carbocycles. The van der Waals surface area contributed by atoms with Crippen LogP contribution < -0.4 is 0 Å². The minimum Gasteiger partial charge on any atom is -0.393 e. The minimum absolute atomic E-state index is 0.0575. The average molecular weight is 276 g/mol. The summed E-state index contributed by atoms with van der Waals surface area (Å²) in [4.78, 5) is 0. The second-order valence-electron chi connectivity index (χ2n) is 7.20. The molecule has 0 saturated heterocycles. The number of benzene rings is 1. The van der Waals surface area contributed by atoms with Crippen molar-refractivity contribution in [1.29, 1.82) is 0 Å². The maximum absolute atomic E-state index is 10.4. The molecule has 1 heterocycles. The normalized spacial score (nSPS) is 22.1. The summed E-state index contributed by atoms with van der Waals surface area (Å²) in [6, 6.07) is 8.46. The number of hydrogen-bond acceptors (Lipinski definition) is 2. The van der Waals surface area contributed by atoms with Crippen LogP contribution in [0.1, 0.15) is 57.8 Å². The molecule has 1 aliphatic heterocycles. The molecule has 0 amide bonds. The summed E-state index contributed by atoms with van der Waals surface area (Å²) in [5.41, 5.74) is 2.88. The summed E-state index contributed by atoms with van der Waals surface area (Å²) in [5, 5.41) is 10.4. The number of rotatable bonds is 4. The molecule has 3 unspecified atom stereocenters. The lowest BCUT2D eigenvalue weighted by Crippen LogP contribution is -2.26. The molecule has 3 atom stereocenters. The summed E-state index contributed by atoms with van der Waals surface area (Å²) in [6.45, 7) is 9.69. The molecule has 1 N–H and O–H groups in total. The molecule has 1 aromatic carbocycles. The molecule has 2 rings (SSSR count). The van der Waals surface area contributed by atoms with Crippen LogP contribution in [0.3, 0.4) is 0 Å². The number of aliphatic hydroxyl groups is 1. The van der Waals surface area contributed by atoms with Gasteiger partial charge in [0.2, 0.25) is 0 Å². The lowest BCUT2D eigenvalue weighted by atomic mass is 9.78. The number of fused-ring (bicyclic) bond motifs is 1. The van der Waals surface area contributed by atoms with Crippen LogP contribution in [0.25, 0.3) is 0 Å². The fourth-order valence-corrected chi connectivity index (χ4v) is 2.78. The standard InChI is InChI=1S/C18H28O2/c1-13(18(2,3)4)11-15(19)12-17-16-8-6-5-7-14(16)9-10-20-17/h5-8,13,15,17,19H,9-12H2,1-4H3. The summed E-state index contributed by atoms with van der Waals surface area (Å²) >= 11 is 0. The predicted octanol–water partition coefficient (Wildman–Crippen LogP) is 4.12. The summed E-state index contributed by atoms with van der Waals surface area (Å²) in [7, 11) is 0. The second-order valence-corrected chi connectivity index (χ2v) is 7.20. The van der Waals surface area contributed by atoms with Crippen LogP contribution in [-0.4, -0.2) is 17.8 Å². The zero-order valence-electron chi connectivity index (χ0n) is 13.2. The van der Waals surface area contributed by atoms with Crippen molar-refractivity contribution >= 4 is 0 Å². The van der Waals surface area contributed by atoms with Crippen molar-refractivity contribution in [3.8, 4) is 0 Å². The highest BCUT2D eigenvalue weighted by molar-refractivity contribution is 5.30. The molecule has 2 nitrogen and oxygen atoms in total. The summed E-state index contributed by atoms with van der Waals surface area (Å²) in [6.07, 6.45) is 2.30. The number of ether oxygens (including phenoxy) is 1. The van der Waals surface area contributed by atoms with Crippen molar-refractivity contribution in [2.75, 3.05) is 6.61 Å². The van der Waals surface area contributed by atoms with Gasteiger partial charge in [-0.15, -0.1) is 0 Å². The molecule has 0 radical (unpaired) electrons. The van der Waals surface area contributed by atoms with E-state index in [0.29, 0.717) is 12.3 Å². The summed E-state index contributed by atoms with van der Waals surface area (Å²) < 4.78 is 5.88. The molecule has 0 spiro atoms. The highest BCUT2D eigenvalue weighted by atomic mass is 16.5. The van der Waals surface area contributed by atoms with E-state index < -0.39 is 0 Å². The Kier molecular flexibility index (Phi) is 4.87. The Balaban J connectivity index is 1.97. The molecule has 1 aliphatic rings. The fraction of sp³-hybridized carbons (Fsp3) is 0.667. The first kappa shape index (κ1) is 15.5. The predicted molar refractivity (Wildman–Crippen MR) is 82.7 cm³/mol. The third kappa shape index (κ3) is 3.83. The first-order valence-corrected chi connectivity index (χ1v) is 7.75. The van der Waals surface area contributed by atoms with Crippen molar-refractivity contribution in [2.45, 2.75) is 59.2 Å². The lowest BCUT2D eigenvalue weighted by molar-refractivity contribution is -0.00519. The molecule has 0 fully saturated rings. The van der Waals surface area contributed by atoms with E-state index in [0.717, 1.165) is 19.4 Å². The highest BCUT2D eigenvalue weighted by Crippen LogP contribution is 2.34. The van der Waals surface area contributed by atoms with Gasteiger partial charge in [-0.2, -0.15) is 0 Å². The van der Waals surface area contributed by atoms with Gasteiger partial charge < -0.3 is 9.84 Å². The van der Waals surface area contributed by atoms with E-state index in [1.807, 2.05) is 0 Å². The van der Waals surface area contributed by atoms with Crippen molar-refractivity contribution in [3.05, 3.63) is 35.4 Å². The second kappa shape index (κ2) is 6.28. The molecule has 20 heavy (non-hydrogen) atoms. The maximum atomic E-state index is 10.4. The Morgan fingerprint density at radius 2 is 2.00 bits per heavy atom. The van der Waals surface area contributed by atoms with Crippen molar-refractivity contribution in [3.63, 3.8) is 0 Å². The summed E-state index contributed by atoms with van der Waals surface area (Å²) in [5.74, 6) is 0.497. The third-order valence-electron chi connectivity index (χ3n) is 4.68. The molecule has 0 aliphatic carbocycles. The van der Waals surface area contributed by atoms with Gasteiger partial charge in [0.1, 0.15) is 0 Å². The monoisotopic (exact) mass is 276 g/mol. The Labute approximate surface area is 123 Å². The molecule has 0 aromatic heterocycles. The first-order chi connectivity index (χ1) is 9.38. The van der Waals surface area contributed by atoms with Crippen molar-refractivity contribution in [1.82, 2.24) is 0 Å². The van der Waals surface area contributed by atoms with Gasteiger partial charge in [0.25, 0.3) is 0 Å². The van der Waals surface area contributed by atoms with Crippen LogP contribution in [0, 0.1) is 11.3 Å². The zero-order valence-corrected chi connectivity index (χ0v) is 13.2. The van der Waals surface area contributed by atoms with E-state index >= 15 is 0 Å². The van der Waals surface area contributed by atoms with Crippen molar-refractivity contribution in [2.24, 2.45) is 11.3 Å². The Morgan fingerprint density at radius 1 is 1.30 bits per heavy atom. The smallest absolute Gasteiger partial charge is 0.0852 e. The zero-order chi connectivity index (χ0) is 14.8. The van der Waals surface area contributed by atoms with Crippen molar-refractivity contribution < 1.29 is 9.84 Å². The van der Waals surface area contributed by atoms with Crippen LogP contribution in [0.4, 0.5) is 0 Å². The van der Waals surface area contributed by atoms with E-state index in [2.05, 4.69) is 52.0 Å². The van der Waals surface area contributed by atoms with E-state index in [1.54, 1.807) is 0 Å². The van der Waals surface area contributed by atoms with E-state index in [9.17, 15) is 5.11 Å². The van der Waals surface area contributed by atoms with Gasteiger partial charge in [0, 0.05) is 6.42 Å². The highest BCUT2D eigenvalue weighted by Gasteiger charge is 2.27.